The van der Waals surface area contributed by atoms with E-state index < -0.39 is 0 Å². The maximum atomic E-state index is 13.1. The topological polar surface area (TPSA) is 41.6 Å². The summed E-state index contributed by atoms with van der Waals surface area (Å²) in [5.74, 6) is 2.43. The molecule has 4 atom stereocenters. The summed E-state index contributed by atoms with van der Waals surface area (Å²) in [5.41, 5.74) is 0.917. The molecule has 3 aliphatic rings. The summed E-state index contributed by atoms with van der Waals surface area (Å²) in [6.45, 7) is 2.41. The van der Waals surface area contributed by atoms with Gasteiger partial charge in [-0.2, -0.15) is 0 Å². The number of amides is 2. The van der Waals surface area contributed by atoms with Crippen LogP contribution in [0.25, 0.3) is 0 Å². The number of morpholine rings is 1. The Kier molecular flexibility index (Phi) is 4.93. The van der Waals surface area contributed by atoms with Gasteiger partial charge >= 0.3 is 6.03 Å². The predicted octanol–water partition coefficient (Wildman–Crippen LogP) is 3.73. The first-order valence-corrected chi connectivity index (χ1v) is 9.59. The molecule has 1 saturated heterocycles. The summed E-state index contributed by atoms with van der Waals surface area (Å²) in [6.07, 6.45) is 6.54. The zero-order chi connectivity index (χ0) is 17.2. The average molecular weight is 346 g/mol. The van der Waals surface area contributed by atoms with Crippen molar-refractivity contribution in [3.63, 3.8) is 0 Å². The highest BCUT2D eigenvalue weighted by molar-refractivity contribution is 5.74. The Morgan fingerprint density at radius 3 is 2.80 bits per heavy atom. The number of nitrogens with one attached hydrogen (secondary N) is 1. The van der Waals surface area contributed by atoms with E-state index in [4.69, 9.17) is 4.74 Å². The molecule has 3 fully saturated rings. The number of nitrogens with zero attached hydrogens (tertiary/aromatic N) is 1. The lowest BCUT2D eigenvalue weighted by Crippen LogP contribution is -2.47. The number of carbonyl (C=O) groups excluding carboxylic acids is 1. The number of fused-ring (bicyclic) bond motifs is 2. The van der Waals surface area contributed by atoms with Crippen molar-refractivity contribution in [2.24, 2.45) is 17.8 Å². The van der Waals surface area contributed by atoms with E-state index in [-0.39, 0.29) is 18.0 Å². The molecule has 136 valence electrons. The van der Waals surface area contributed by atoms with Crippen molar-refractivity contribution in [3.05, 3.63) is 35.6 Å². The van der Waals surface area contributed by atoms with Crippen molar-refractivity contribution < 1.29 is 13.9 Å². The van der Waals surface area contributed by atoms with E-state index in [1.807, 2.05) is 4.90 Å². The fourth-order valence-electron chi connectivity index (χ4n) is 4.92. The van der Waals surface area contributed by atoms with Gasteiger partial charge in [0.2, 0.25) is 0 Å². The number of benzene rings is 1. The molecule has 5 heteroatoms. The molecule has 25 heavy (non-hydrogen) atoms. The van der Waals surface area contributed by atoms with Crippen LogP contribution in [0.3, 0.4) is 0 Å². The Hall–Kier alpha value is -1.62. The third-order valence-electron chi connectivity index (χ3n) is 6.27. The summed E-state index contributed by atoms with van der Waals surface area (Å²) in [6, 6.07) is 6.34. The number of rotatable bonds is 4. The number of ether oxygens (including phenoxy) is 1. The minimum atomic E-state index is -0.255. The summed E-state index contributed by atoms with van der Waals surface area (Å²) >= 11 is 0. The second-order valence-corrected chi connectivity index (χ2v) is 7.81. The van der Waals surface area contributed by atoms with Crippen molar-refractivity contribution in [2.75, 3.05) is 26.2 Å². The maximum absolute atomic E-state index is 13.1. The van der Waals surface area contributed by atoms with Crippen LogP contribution in [0.1, 0.15) is 43.8 Å². The largest absolute Gasteiger partial charge is 0.370 e. The minimum Gasteiger partial charge on any atom is -0.370 e. The normalized spacial score (nSPS) is 31.3. The van der Waals surface area contributed by atoms with Crippen LogP contribution in [0.2, 0.25) is 0 Å². The zero-order valence-corrected chi connectivity index (χ0v) is 14.6. The summed E-state index contributed by atoms with van der Waals surface area (Å²) in [4.78, 5) is 14.3. The van der Waals surface area contributed by atoms with Crippen LogP contribution >= 0.6 is 0 Å². The lowest BCUT2D eigenvalue weighted by atomic mass is 9.86. The fraction of sp³-hybridized carbons (Fsp3) is 0.650. The van der Waals surface area contributed by atoms with Crippen molar-refractivity contribution in [1.82, 2.24) is 10.2 Å². The Bertz CT molecular complexity index is 606. The van der Waals surface area contributed by atoms with Crippen LogP contribution in [0.4, 0.5) is 9.18 Å². The fourth-order valence-corrected chi connectivity index (χ4v) is 4.92. The van der Waals surface area contributed by atoms with E-state index in [0.717, 1.165) is 36.3 Å². The maximum Gasteiger partial charge on any atom is 0.317 e. The molecule has 2 amide bonds. The quantitative estimate of drug-likeness (QED) is 0.902. The van der Waals surface area contributed by atoms with Gasteiger partial charge in [0.15, 0.2) is 0 Å². The van der Waals surface area contributed by atoms with Gasteiger partial charge in [-0.15, -0.1) is 0 Å². The Morgan fingerprint density at radius 2 is 2.08 bits per heavy atom. The van der Waals surface area contributed by atoms with Crippen LogP contribution < -0.4 is 5.32 Å². The average Bonchev–Trinajstić information content (AvgIpc) is 3.25. The molecule has 1 aromatic rings. The molecule has 4 rings (SSSR count). The first-order valence-electron chi connectivity index (χ1n) is 9.59. The molecule has 2 aliphatic carbocycles. The highest BCUT2D eigenvalue weighted by Crippen LogP contribution is 2.49. The second-order valence-electron chi connectivity index (χ2n) is 7.81. The Morgan fingerprint density at radius 1 is 1.24 bits per heavy atom. The standard InChI is InChI=1S/C20H27FN2O2/c21-18-5-3-15(4-6-18)19-13-23(9-10-25-19)20(24)22-8-7-17-12-14-1-2-16(17)11-14/h3-6,14,16-17,19H,1-2,7-13H2,(H,22,24)/t14-,16-,17+,19+/m0/s1. The van der Waals surface area contributed by atoms with Gasteiger partial charge in [0.25, 0.3) is 0 Å². The van der Waals surface area contributed by atoms with Crippen molar-refractivity contribution in [1.29, 1.82) is 0 Å². The van der Waals surface area contributed by atoms with Crippen molar-refractivity contribution >= 4 is 6.03 Å². The molecule has 2 bridgehead atoms. The van der Waals surface area contributed by atoms with Crippen LogP contribution in [0.15, 0.2) is 24.3 Å². The van der Waals surface area contributed by atoms with Crippen molar-refractivity contribution in [3.8, 4) is 0 Å². The molecule has 4 nitrogen and oxygen atoms in total. The molecule has 0 aromatic heterocycles. The molecule has 1 heterocycles. The van der Waals surface area contributed by atoms with Gasteiger partial charge in [0.05, 0.1) is 13.2 Å². The molecule has 0 radical (unpaired) electrons. The molecule has 0 unspecified atom stereocenters. The third-order valence-corrected chi connectivity index (χ3v) is 6.27. The number of hydrogen-bond acceptors (Lipinski definition) is 2. The van der Waals surface area contributed by atoms with Crippen LogP contribution in [0, 0.1) is 23.6 Å². The Balaban J connectivity index is 1.24. The summed E-state index contributed by atoms with van der Waals surface area (Å²) in [5, 5.41) is 3.09. The zero-order valence-electron chi connectivity index (χ0n) is 14.6. The van der Waals surface area contributed by atoms with E-state index in [2.05, 4.69) is 5.32 Å². The highest BCUT2D eigenvalue weighted by Gasteiger charge is 2.38. The number of hydrogen-bond donors (Lipinski definition) is 1. The lowest BCUT2D eigenvalue weighted by molar-refractivity contribution is -0.0154. The monoisotopic (exact) mass is 346 g/mol. The van der Waals surface area contributed by atoms with Gasteiger partial charge in [-0.25, -0.2) is 9.18 Å². The predicted molar refractivity (Wildman–Crippen MR) is 93.6 cm³/mol. The van der Waals surface area contributed by atoms with Crippen molar-refractivity contribution in [2.45, 2.75) is 38.2 Å². The minimum absolute atomic E-state index is 0.00133. The number of urea groups is 1. The van der Waals surface area contributed by atoms with Crippen LogP contribution in [-0.4, -0.2) is 37.2 Å². The number of halogens is 1. The van der Waals surface area contributed by atoms with Gasteiger partial charge in [-0.3, -0.25) is 0 Å². The molecule has 2 saturated carbocycles. The SMILES string of the molecule is O=C(NCC[C@@H]1C[C@H]2CC[C@H]1C2)N1CCO[C@@H](c2ccc(F)cc2)C1. The van der Waals surface area contributed by atoms with E-state index in [9.17, 15) is 9.18 Å². The second kappa shape index (κ2) is 7.32. The van der Waals surface area contributed by atoms with Gasteiger partial charge in [0.1, 0.15) is 11.9 Å². The molecule has 0 spiro atoms. The van der Waals surface area contributed by atoms with E-state index in [1.54, 1.807) is 12.1 Å². The van der Waals surface area contributed by atoms with E-state index >= 15 is 0 Å². The molecule has 1 N–H and O–H groups in total. The smallest absolute Gasteiger partial charge is 0.317 e. The lowest BCUT2D eigenvalue weighted by Gasteiger charge is -2.33. The molecular weight excluding hydrogens is 319 g/mol. The Labute approximate surface area is 148 Å². The summed E-state index contributed by atoms with van der Waals surface area (Å²) in [7, 11) is 0. The van der Waals surface area contributed by atoms with Gasteiger partial charge in [0, 0.05) is 13.1 Å². The first-order chi connectivity index (χ1) is 12.2. The van der Waals surface area contributed by atoms with E-state index in [1.165, 1.54) is 37.8 Å². The van der Waals surface area contributed by atoms with Gasteiger partial charge < -0.3 is 15.0 Å². The van der Waals surface area contributed by atoms with Gasteiger partial charge in [-0.1, -0.05) is 18.6 Å². The van der Waals surface area contributed by atoms with E-state index in [0.29, 0.717) is 19.7 Å². The summed E-state index contributed by atoms with van der Waals surface area (Å²) < 4.78 is 18.8. The molecular formula is C20H27FN2O2. The first kappa shape index (κ1) is 16.8. The van der Waals surface area contributed by atoms with Crippen LogP contribution in [-0.2, 0) is 4.74 Å². The third kappa shape index (κ3) is 3.81. The molecule has 1 aromatic carbocycles. The van der Waals surface area contributed by atoms with Crippen LogP contribution in [0.5, 0.6) is 0 Å². The van der Waals surface area contributed by atoms with Gasteiger partial charge in [-0.05, 0) is 61.1 Å². The number of carbonyl (C=O) groups is 1. The highest BCUT2D eigenvalue weighted by atomic mass is 19.1. The molecule has 1 aliphatic heterocycles.